The van der Waals surface area contributed by atoms with E-state index >= 15 is 0 Å². The molecular formula is C9H18BN3O3. The molecular weight excluding hydrogens is 209 g/mol. The fourth-order valence-corrected chi connectivity index (χ4v) is 1.14. The van der Waals surface area contributed by atoms with Crippen molar-refractivity contribution in [3.8, 4) is 0 Å². The molecule has 1 unspecified atom stereocenters. The van der Waals surface area contributed by atoms with Gasteiger partial charge in [0.1, 0.15) is 13.9 Å². The average molecular weight is 227 g/mol. The van der Waals surface area contributed by atoms with Gasteiger partial charge in [0.05, 0.1) is 0 Å². The lowest BCUT2D eigenvalue weighted by Gasteiger charge is -2.16. The van der Waals surface area contributed by atoms with Crippen molar-refractivity contribution in [2.24, 2.45) is 0 Å². The molecule has 6 nitrogen and oxygen atoms in total. The maximum atomic E-state index is 11.4. The topological polar surface area (TPSA) is 87.3 Å². The van der Waals surface area contributed by atoms with Gasteiger partial charge in [-0.15, -0.1) is 0 Å². The number of rotatable bonds is 6. The molecule has 0 spiro atoms. The smallest absolute Gasteiger partial charge is 0.242 e. The number of hydrogen-bond donors (Lipinski definition) is 3. The third-order valence-corrected chi connectivity index (χ3v) is 2.16. The Morgan fingerprint density at radius 1 is 1.12 bits per heavy atom. The Hall–Kier alpha value is -1.53. The van der Waals surface area contributed by atoms with Crippen LogP contribution >= 0.6 is 0 Å². The maximum absolute atomic E-state index is 11.4. The molecule has 0 radical (unpaired) electrons. The summed E-state index contributed by atoms with van der Waals surface area (Å²) < 4.78 is 0. The molecule has 1 atom stereocenters. The van der Waals surface area contributed by atoms with Gasteiger partial charge in [-0.3, -0.25) is 14.4 Å². The van der Waals surface area contributed by atoms with Crippen molar-refractivity contribution in [1.29, 1.82) is 0 Å². The van der Waals surface area contributed by atoms with Crippen LogP contribution in [0.1, 0.15) is 12.8 Å². The van der Waals surface area contributed by atoms with Crippen molar-refractivity contribution in [3.05, 3.63) is 0 Å². The zero-order valence-corrected chi connectivity index (χ0v) is 9.92. The van der Waals surface area contributed by atoms with Gasteiger partial charge in [0.15, 0.2) is 0 Å². The fourth-order valence-electron chi connectivity index (χ4n) is 1.14. The van der Waals surface area contributed by atoms with E-state index in [2.05, 4.69) is 16.0 Å². The molecule has 0 aliphatic rings. The zero-order chi connectivity index (χ0) is 12.6. The molecule has 3 amide bonds. The standard InChI is InChI=1S/C9H18BN3O3/c1-11-7(14)4-3-6(9(16)12-2)13-8(15)5-10/h6H,3-5,10H2,1-2H3,(H,11,14)(H,12,16)(H,13,15). The van der Waals surface area contributed by atoms with Crippen molar-refractivity contribution in [3.63, 3.8) is 0 Å². The zero-order valence-electron chi connectivity index (χ0n) is 9.92. The summed E-state index contributed by atoms with van der Waals surface area (Å²) in [6, 6.07) is -0.644. The molecule has 0 fully saturated rings. The SMILES string of the molecule is BCC(=O)NC(CCC(=O)NC)C(=O)NC. The van der Waals surface area contributed by atoms with Gasteiger partial charge in [-0.1, -0.05) is 0 Å². The molecule has 0 saturated heterocycles. The molecule has 90 valence electrons. The summed E-state index contributed by atoms with van der Waals surface area (Å²) in [5.74, 6) is -0.643. The quantitative estimate of drug-likeness (QED) is 0.450. The van der Waals surface area contributed by atoms with Gasteiger partial charge in [-0.25, -0.2) is 0 Å². The van der Waals surface area contributed by atoms with Gasteiger partial charge < -0.3 is 16.0 Å². The molecule has 3 N–H and O–H groups in total. The molecule has 0 aliphatic heterocycles. The minimum atomic E-state index is -0.644. The number of nitrogens with one attached hydrogen (secondary N) is 3. The number of hydrogen-bond acceptors (Lipinski definition) is 3. The predicted octanol–water partition coefficient (Wildman–Crippen LogP) is -2.21. The second kappa shape index (κ2) is 7.73. The lowest BCUT2D eigenvalue weighted by atomic mass is 10.0. The van der Waals surface area contributed by atoms with Crippen LogP contribution in [0.3, 0.4) is 0 Å². The van der Waals surface area contributed by atoms with Crippen molar-refractivity contribution >= 4 is 25.6 Å². The van der Waals surface area contributed by atoms with E-state index in [0.29, 0.717) is 12.7 Å². The van der Waals surface area contributed by atoms with Crippen molar-refractivity contribution in [1.82, 2.24) is 16.0 Å². The van der Waals surface area contributed by atoms with E-state index in [1.54, 1.807) is 7.85 Å². The van der Waals surface area contributed by atoms with E-state index in [1.807, 2.05) is 0 Å². The molecule has 0 aromatic carbocycles. The Kier molecular flexibility index (Phi) is 6.99. The van der Waals surface area contributed by atoms with Crippen LogP contribution in [0.4, 0.5) is 0 Å². The molecule has 0 bridgehead atoms. The van der Waals surface area contributed by atoms with E-state index < -0.39 is 6.04 Å². The lowest BCUT2D eigenvalue weighted by molar-refractivity contribution is -0.128. The van der Waals surface area contributed by atoms with Crippen molar-refractivity contribution in [2.45, 2.75) is 25.2 Å². The summed E-state index contributed by atoms with van der Waals surface area (Å²) in [6.45, 7) is 0. The summed E-state index contributed by atoms with van der Waals surface area (Å²) in [5.41, 5.74) is 0. The van der Waals surface area contributed by atoms with E-state index in [0.717, 1.165) is 0 Å². The summed E-state index contributed by atoms with van der Waals surface area (Å²) in [7, 11) is 4.73. The van der Waals surface area contributed by atoms with Gasteiger partial charge in [-0.05, 0) is 12.7 Å². The van der Waals surface area contributed by atoms with Gasteiger partial charge in [0.2, 0.25) is 17.7 Å². The van der Waals surface area contributed by atoms with Crippen LogP contribution in [0.25, 0.3) is 0 Å². The van der Waals surface area contributed by atoms with Crippen LogP contribution in [0.2, 0.25) is 6.32 Å². The van der Waals surface area contributed by atoms with Crippen LogP contribution < -0.4 is 16.0 Å². The summed E-state index contributed by atoms with van der Waals surface area (Å²) >= 11 is 0. The number of amides is 3. The third-order valence-electron chi connectivity index (χ3n) is 2.16. The Morgan fingerprint density at radius 2 is 1.75 bits per heavy atom. The van der Waals surface area contributed by atoms with E-state index in [9.17, 15) is 14.4 Å². The first-order valence-corrected chi connectivity index (χ1v) is 5.26. The second-order valence-electron chi connectivity index (χ2n) is 3.30. The van der Waals surface area contributed by atoms with Crippen molar-refractivity contribution in [2.75, 3.05) is 14.1 Å². The van der Waals surface area contributed by atoms with Gasteiger partial charge in [0, 0.05) is 20.5 Å². The fraction of sp³-hybridized carbons (Fsp3) is 0.667. The average Bonchev–Trinajstić information content (AvgIpc) is 2.32. The molecule has 0 aliphatic carbocycles. The first-order chi connectivity index (χ1) is 7.54. The molecule has 0 rings (SSSR count). The minimum absolute atomic E-state index is 0.153. The number of carbonyl (C=O) groups is 3. The normalized spacial score (nSPS) is 11.4. The monoisotopic (exact) mass is 227 g/mol. The van der Waals surface area contributed by atoms with Crippen LogP contribution in [-0.4, -0.2) is 45.7 Å². The highest BCUT2D eigenvalue weighted by Gasteiger charge is 2.19. The first-order valence-electron chi connectivity index (χ1n) is 5.26. The Morgan fingerprint density at radius 3 is 2.19 bits per heavy atom. The minimum Gasteiger partial charge on any atom is -0.359 e. The van der Waals surface area contributed by atoms with Crippen LogP contribution in [0.5, 0.6) is 0 Å². The van der Waals surface area contributed by atoms with Gasteiger partial charge in [0.25, 0.3) is 0 Å². The van der Waals surface area contributed by atoms with E-state index in [1.165, 1.54) is 14.1 Å². The number of likely N-dealkylation sites (N-methyl/N-ethyl adjacent to an activating group) is 1. The Bertz CT molecular complexity index is 271. The Labute approximate surface area is 95.9 Å². The highest BCUT2D eigenvalue weighted by Crippen LogP contribution is 1.98. The molecule has 7 heteroatoms. The van der Waals surface area contributed by atoms with Crippen LogP contribution in [0.15, 0.2) is 0 Å². The molecule has 0 aromatic heterocycles. The summed E-state index contributed by atoms with van der Waals surface area (Å²) in [5, 5.41) is 7.48. The van der Waals surface area contributed by atoms with Gasteiger partial charge >= 0.3 is 0 Å². The second-order valence-corrected chi connectivity index (χ2v) is 3.30. The highest BCUT2D eigenvalue weighted by molar-refractivity contribution is 6.19. The van der Waals surface area contributed by atoms with Crippen LogP contribution in [0, 0.1) is 0 Å². The first kappa shape index (κ1) is 14.5. The lowest BCUT2D eigenvalue weighted by Crippen LogP contribution is -2.46. The predicted molar refractivity (Wildman–Crippen MR) is 62.6 cm³/mol. The van der Waals surface area contributed by atoms with E-state index in [4.69, 9.17) is 0 Å². The number of carbonyl (C=O) groups excluding carboxylic acids is 3. The van der Waals surface area contributed by atoms with E-state index in [-0.39, 0.29) is 24.1 Å². The van der Waals surface area contributed by atoms with Crippen LogP contribution in [-0.2, 0) is 14.4 Å². The Balaban J connectivity index is 4.26. The molecule has 16 heavy (non-hydrogen) atoms. The molecule has 0 saturated carbocycles. The van der Waals surface area contributed by atoms with Crippen molar-refractivity contribution < 1.29 is 14.4 Å². The molecule has 0 heterocycles. The maximum Gasteiger partial charge on any atom is 0.242 e. The largest absolute Gasteiger partial charge is 0.359 e. The summed E-state index contributed by atoms with van der Waals surface area (Å²) in [6.07, 6.45) is 0.817. The highest BCUT2D eigenvalue weighted by atomic mass is 16.2. The molecule has 0 aromatic rings. The van der Waals surface area contributed by atoms with Gasteiger partial charge in [-0.2, -0.15) is 0 Å². The summed E-state index contributed by atoms with van der Waals surface area (Å²) in [4.78, 5) is 33.6. The third kappa shape index (κ3) is 5.38.